The van der Waals surface area contributed by atoms with Gasteiger partial charge in [0.2, 0.25) is 5.91 Å². The molecule has 30 heavy (non-hydrogen) atoms. The van der Waals surface area contributed by atoms with Crippen LogP contribution in [0.2, 0.25) is 0 Å². The summed E-state index contributed by atoms with van der Waals surface area (Å²) in [7, 11) is 0. The summed E-state index contributed by atoms with van der Waals surface area (Å²) >= 11 is 2.64. The van der Waals surface area contributed by atoms with E-state index in [2.05, 4.69) is 14.9 Å². The summed E-state index contributed by atoms with van der Waals surface area (Å²) in [6, 6.07) is 11.7. The first-order valence-corrected chi connectivity index (χ1v) is 11.5. The van der Waals surface area contributed by atoms with Crippen molar-refractivity contribution in [2.24, 2.45) is 5.73 Å². The van der Waals surface area contributed by atoms with Crippen molar-refractivity contribution in [2.75, 3.05) is 17.7 Å². The Morgan fingerprint density at radius 1 is 1.30 bits per heavy atom. The topological polar surface area (TPSA) is 99.2 Å². The molecule has 2 amide bonds. The average molecular weight is 443 g/mol. The molecule has 156 valence electrons. The van der Waals surface area contributed by atoms with Gasteiger partial charge in [-0.15, -0.1) is 11.3 Å². The van der Waals surface area contributed by atoms with Crippen LogP contribution in [0.15, 0.2) is 53.1 Å². The minimum Gasteiger partial charge on any atom is -0.376 e. The van der Waals surface area contributed by atoms with Crippen molar-refractivity contribution in [3.63, 3.8) is 0 Å². The molecule has 4 rings (SSSR count). The number of nitrogens with zero attached hydrogens (tertiary/aromatic N) is 2. The third-order valence-electron chi connectivity index (χ3n) is 4.81. The minimum atomic E-state index is -0.557. The number of nitrogens with two attached hydrogens (primary N) is 1. The maximum Gasteiger partial charge on any atom is 0.251 e. The van der Waals surface area contributed by atoms with E-state index in [1.54, 1.807) is 11.4 Å². The van der Waals surface area contributed by atoms with Gasteiger partial charge >= 0.3 is 0 Å². The number of aromatic nitrogens is 2. The van der Waals surface area contributed by atoms with Crippen molar-refractivity contribution in [3.8, 4) is 11.3 Å². The number of ether oxygens (including phenoxy) is 1. The molecular formula is C21H22N4O3S2. The van der Waals surface area contributed by atoms with Crippen LogP contribution in [0.25, 0.3) is 11.3 Å². The predicted octanol–water partition coefficient (Wildman–Crippen LogP) is 3.62. The van der Waals surface area contributed by atoms with Gasteiger partial charge < -0.3 is 20.4 Å². The van der Waals surface area contributed by atoms with Crippen LogP contribution in [0.5, 0.6) is 0 Å². The van der Waals surface area contributed by atoms with Gasteiger partial charge in [-0.1, -0.05) is 42.1 Å². The van der Waals surface area contributed by atoms with Crippen LogP contribution >= 0.6 is 23.1 Å². The Kier molecular flexibility index (Phi) is 6.51. The third-order valence-corrected chi connectivity index (χ3v) is 6.64. The molecule has 0 aliphatic carbocycles. The van der Waals surface area contributed by atoms with Crippen LogP contribution in [-0.4, -0.2) is 39.8 Å². The fourth-order valence-electron chi connectivity index (χ4n) is 3.37. The van der Waals surface area contributed by atoms with Crippen LogP contribution in [0.3, 0.4) is 0 Å². The summed E-state index contributed by atoms with van der Waals surface area (Å²) in [6.45, 7) is 1.48. The molecule has 1 fully saturated rings. The summed E-state index contributed by atoms with van der Waals surface area (Å²) in [5.41, 5.74) is 7.74. The molecule has 0 radical (unpaired) electrons. The number of carbonyl (C=O) groups is 2. The van der Waals surface area contributed by atoms with E-state index in [0.717, 1.165) is 35.9 Å². The van der Waals surface area contributed by atoms with Crippen LogP contribution in [0, 0.1) is 0 Å². The highest BCUT2D eigenvalue weighted by atomic mass is 32.2. The molecule has 1 saturated heterocycles. The number of thiophene rings is 1. The molecular weight excluding hydrogens is 420 g/mol. The van der Waals surface area contributed by atoms with E-state index in [0.29, 0.717) is 17.1 Å². The van der Waals surface area contributed by atoms with Crippen molar-refractivity contribution < 1.29 is 14.3 Å². The van der Waals surface area contributed by atoms with Crippen molar-refractivity contribution in [2.45, 2.75) is 30.6 Å². The molecule has 3 heterocycles. The number of anilines is 1. The molecule has 9 heteroatoms. The second-order valence-electron chi connectivity index (χ2n) is 6.90. The van der Waals surface area contributed by atoms with Gasteiger partial charge in [0.05, 0.1) is 35.9 Å². The number of imidazole rings is 1. The smallest absolute Gasteiger partial charge is 0.251 e. The van der Waals surface area contributed by atoms with E-state index < -0.39 is 5.91 Å². The lowest BCUT2D eigenvalue weighted by Gasteiger charge is -2.16. The van der Waals surface area contributed by atoms with E-state index in [4.69, 9.17) is 10.5 Å². The second kappa shape index (κ2) is 9.46. The van der Waals surface area contributed by atoms with Gasteiger partial charge in [-0.2, -0.15) is 0 Å². The van der Waals surface area contributed by atoms with Crippen LogP contribution in [-0.2, 0) is 16.1 Å². The summed E-state index contributed by atoms with van der Waals surface area (Å²) in [4.78, 5) is 28.5. The molecule has 3 N–H and O–H groups in total. The molecule has 7 nitrogen and oxygen atoms in total. The standard InChI is InChI=1S/C21H22N4O3S2/c22-19(27)16-8-10-29-20(16)24-18(26)13-30-21-23-11-17(14-5-2-1-3-6-14)25(21)12-15-7-4-9-28-15/h1-3,5-6,8,10-11,15H,4,7,9,12-13H2,(H2,22,27)(H,24,26)/t15-/m0/s1. The first-order valence-electron chi connectivity index (χ1n) is 9.64. The average Bonchev–Trinajstić information content (AvgIpc) is 3.49. The maximum absolute atomic E-state index is 12.5. The van der Waals surface area contributed by atoms with Crippen LogP contribution in [0.1, 0.15) is 23.2 Å². The summed E-state index contributed by atoms with van der Waals surface area (Å²) in [5, 5.41) is 5.73. The first-order chi connectivity index (χ1) is 14.6. The van der Waals surface area contributed by atoms with Gasteiger partial charge in [-0.25, -0.2) is 4.98 Å². The Morgan fingerprint density at radius 3 is 2.87 bits per heavy atom. The number of thioether (sulfide) groups is 1. The SMILES string of the molecule is NC(=O)c1ccsc1NC(=O)CSc1ncc(-c2ccccc2)n1C[C@@H]1CCCO1. The highest BCUT2D eigenvalue weighted by molar-refractivity contribution is 7.99. The monoisotopic (exact) mass is 442 g/mol. The molecule has 0 bridgehead atoms. The van der Waals surface area contributed by atoms with Crippen LogP contribution < -0.4 is 11.1 Å². The number of hydrogen-bond donors (Lipinski definition) is 2. The fourth-order valence-corrected chi connectivity index (χ4v) is 4.97. The van der Waals surface area contributed by atoms with Crippen molar-refractivity contribution in [1.29, 1.82) is 0 Å². The summed E-state index contributed by atoms with van der Waals surface area (Å²) in [6.07, 6.45) is 4.08. The zero-order valence-electron chi connectivity index (χ0n) is 16.2. The number of benzene rings is 1. The predicted molar refractivity (Wildman–Crippen MR) is 119 cm³/mol. The van der Waals surface area contributed by atoms with Crippen molar-refractivity contribution >= 4 is 39.9 Å². The Balaban J connectivity index is 1.49. The molecule has 1 aliphatic heterocycles. The van der Waals surface area contributed by atoms with Gasteiger partial charge in [0, 0.05) is 6.61 Å². The van der Waals surface area contributed by atoms with Crippen molar-refractivity contribution in [1.82, 2.24) is 9.55 Å². The summed E-state index contributed by atoms with van der Waals surface area (Å²) < 4.78 is 7.95. The molecule has 1 aromatic carbocycles. The lowest BCUT2D eigenvalue weighted by atomic mass is 10.1. The number of primary amides is 1. The number of amides is 2. The number of rotatable bonds is 8. The largest absolute Gasteiger partial charge is 0.376 e. The maximum atomic E-state index is 12.5. The summed E-state index contributed by atoms with van der Waals surface area (Å²) in [5.74, 6) is -0.593. The van der Waals surface area contributed by atoms with Gasteiger partial charge in [0.15, 0.2) is 5.16 Å². The lowest BCUT2D eigenvalue weighted by Crippen LogP contribution is -2.19. The van der Waals surface area contributed by atoms with Gasteiger partial charge in [-0.3, -0.25) is 9.59 Å². The van der Waals surface area contributed by atoms with E-state index >= 15 is 0 Å². The van der Waals surface area contributed by atoms with E-state index in [-0.39, 0.29) is 17.8 Å². The zero-order chi connectivity index (χ0) is 20.9. The molecule has 0 unspecified atom stereocenters. The number of nitrogens with one attached hydrogen (secondary N) is 1. The molecule has 2 aromatic heterocycles. The minimum absolute atomic E-state index is 0.152. The third kappa shape index (κ3) is 4.75. The van der Waals surface area contributed by atoms with Gasteiger partial charge in [0.25, 0.3) is 5.91 Å². The molecule has 1 aliphatic rings. The highest BCUT2D eigenvalue weighted by Crippen LogP contribution is 2.29. The normalized spacial score (nSPS) is 15.9. The first kappa shape index (κ1) is 20.6. The Hall–Kier alpha value is -2.62. The quantitative estimate of drug-likeness (QED) is 0.519. The molecule has 0 saturated carbocycles. The molecule has 3 aromatic rings. The van der Waals surface area contributed by atoms with Gasteiger partial charge in [0.1, 0.15) is 5.00 Å². The highest BCUT2D eigenvalue weighted by Gasteiger charge is 2.21. The second-order valence-corrected chi connectivity index (χ2v) is 8.76. The van der Waals surface area contributed by atoms with Crippen LogP contribution in [0.4, 0.5) is 5.00 Å². The molecule has 0 spiro atoms. The van der Waals surface area contributed by atoms with Crippen molar-refractivity contribution in [3.05, 3.63) is 53.5 Å². The Bertz CT molecular complexity index is 1030. The molecule has 1 atom stereocenters. The Labute approximate surface area is 182 Å². The van der Waals surface area contributed by atoms with E-state index in [1.807, 2.05) is 36.5 Å². The van der Waals surface area contributed by atoms with Gasteiger partial charge in [-0.05, 0) is 29.9 Å². The van der Waals surface area contributed by atoms with E-state index in [9.17, 15) is 9.59 Å². The lowest BCUT2D eigenvalue weighted by molar-refractivity contribution is -0.113. The zero-order valence-corrected chi connectivity index (χ0v) is 17.9. The van der Waals surface area contributed by atoms with E-state index in [1.165, 1.54) is 23.1 Å². The Morgan fingerprint density at radius 2 is 2.13 bits per heavy atom. The number of hydrogen-bond acceptors (Lipinski definition) is 6. The number of carbonyl (C=O) groups excluding carboxylic acids is 2. The fraction of sp³-hybridized carbons (Fsp3) is 0.286.